The van der Waals surface area contributed by atoms with Gasteiger partial charge in [0.2, 0.25) is 0 Å². The van der Waals surface area contributed by atoms with Crippen molar-refractivity contribution in [3.63, 3.8) is 0 Å². The fraction of sp³-hybridized carbons (Fsp3) is 0.148. The van der Waals surface area contributed by atoms with Crippen LogP contribution in [0.2, 0.25) is 0 Å². The second kappa shape index (κ2) is 13.8. The van der Waals surface area contributed by atoms with Gasteiger partial charge in [-0.05, 0) is 17.0 Å². The third-order valence-corrected chi connectivity index (χ3v) is 7.12. The zero-order valence-corrected chi connectivity index (χ0v) is 19.7. The maximum atomic E-state index is 11.3. The molecule has 0 spiro atoms. The molecular weight excluding hydrogens is 441 g/mol. The molecule has 0 aromatic heterocycles. The zero-order chi connectivity index (χ0) is 21.0. The predicted octanol–water partition coefficient (Wildman–Crippen LogP) is 5.10. The average Bonchev–Trinajstić information content (AvgIpc) is 3.51. The minimum atomic E-state index is -0.409. The molecule has 160 valence electrons. The summed E-state index contributed by atoms with van der Waals surface area (Å²) in [6, 6.07) is 37.6. The molecule has 0 aliphatic rings. The minimum absolute atomic E-state index is 0. The van der Waals surface area contributed by atoms with Crippen LogP contribution in [-0.2, 0) is 17.1 Å². The summed E-state index contributed by atoms with van der Waals surface area (Å²) < 4.78 is 0. The van der Waals surface area contributed by atoms with Gasteiger partial charge in [-0.3, -0.25) is 4.79 Å². The molecule has 1 N–H and O–H groups in total. The number of rotatable bonds is 7. The summed E-state index contributed by atoms with van der Waals surface area (Å²) in [5, 5.41) is 7.08. The van der Waals surface area contributed by atoms with E-state index in [1.54, 1.807) is 0 Å². The fourth-order valence-electron chi connectivity index (χ4n) is 3.12. The van der Waals surface area contributed by atoms with Crippen LogP contribution in [0.3, 0.4) is 0 Å². The topological polar surface area (TPSA) is 29.1 Å². The first-order valence-electron chi connectivity index (χ1n) is 10.4. The number of carbonyl (C=O) groups excluding carboxylic acids is 1. The summed E-state index contributed by atoms with van der Waals surface area (Å²) in [6.45, 7) is 2.88. The number of carbonyl (C=O) groups is 1. The van der Waals surface area contributed by atoms with Crippen LogP contribution in [-0.4, -0.2) is 12.5 Å². The van der Waals surface area contributed by atoms with Gasteiger partial charge in [0.1, 0.15) is 0 Å². The van der Waals surface area contributed by atoms with Gasteiger partial charge in [-0.2, -0.15) is 24.3 Å². The summed E-state index contributed by atoms with van der Waals surface area (Å²) in [6.07, 6.45) is 2.16. The van der Waals surface area contributed by atoms with Gasteiger partial charge in [0, 0.05) is 6.54 Å². The van der Waals surface area contributed by atoms with Crippen LogP contribution < -0.4 is 21.2 Å². The third kappa shape index (κ3) is 7.64. The number of nitrogens with one attached hydrogen (secondary N) is 1. The molecule has 0 aliphatic heterocycles. The van der Waals surface area contributed by atoms with Gasteiger partial charge in [-0.15, -0.1) is 5.30 Å². The van der Waals surface area contributed by atoms with E-state index >= 15 is 0 Å². The molecule has 0 fully saturated rings. The normalized spacial score (nSPS) is 10.0. The molecule has 0 saturated heterocycles. The van der Waals surface area contributed by atoms with Crippen molar-refractivity contribution in [2.24, 2.45) is 0 Å². The molecule has 0 bridgehead atoms. The summed E-state index contributed by atoms with van der Waals surface area (Å²) in [7, 11) is -0.409. The first-order chi connectivity index (χ1) is 14.8. The molecule has 31 heavy (non-hydrogen) atoms. The Labute approximate surface area is 197 Å². The Bertz CT molecular complexity index is 927. The SMILES string of the molecule is CCCCNC(=O)[c-]1cccc1.[Fe+2].c1ccc(P(c2ccccc2)[c-]2cccc2)cc1. The van der Waals surface area contributed by atoms with Crippen LogP contribution in [0.25, 0.3) is 0 Å². The molecule has 2 nitrogen and oxygen atoms in total. The maximum absolute atomic E-state index is 11.3. The van der Waals surface area contributed by atoms with E-state index in [1.807, 2.05) is 24.3 Å². The number of unbranched alkanes of at least 4 members (excludes halogenated alkanes) is 1. The Hall–Kier alpha value is -2.44. The Morgan fingerprint density at radius 2 is 1.26 bits per heavy atom. The van der Waals surface area contributed by atoms with Gasteiger partial charge in [0.05, 0.1) is 0 Å². The van der Waals surface area contributed by atoms with Crippen molar-refractivity contribution in [3.8, 4) is 0 Å². The number of benzene rings is 2. The number of hydrogen-bond acceptors (Lipinski definition) is 1. The molecule has 0 atom stereocenters. The van der Waals surface area contributed by atoms with E-state index in [1.165, 1.54) is 15.9 Å². The second-order valence-electron chi connectivity index (χ2n) is 6.93. The van der Waals surface area contributed by atoms with Crippen LogP contribution in [0.15, 0.2) is 109 Å². The fourth-order valence-corrected chi connectivity index (χ4v) is 5.43. The molecule has 1 amide bonds. The van der Waals surface area contributed by atoms with Gasteiger partial charge >= 0.3 is 17.1 Å². The van der Waals surface area contributed by atoms with E-state index in [0.717, 1.165) is 24.9 Å². The molecule has 4 aromatic rings. The van der Waals surface area contributed by atoms with Crippen molar-refractivity contribution in [2.45, 2.75) is 19.8 Å². The van der Waals surface area contributed by atoms with Crippen LogP contribution in [0.5, 0.6) is 0 Å². The maximum Gasteiger partial charge on any atom is 2.00 e. The van der Waals surface area contributed by atoms with Crippen molar-refractivity contribution in [2.75, 3.05) is 6.54 Å². The average molecular weight is 469 g/mol. The zero-order valence-electron chi connectivity index (χ0n) is 17.7. The second-order valence-corrected chi connectivity index (χ2v) is 9.15. The van der Waals surface area contributed by atoms with Crippen molar-refractivity contribution in [3.05, 3.63) is 115 Å². The van der Waals surface area contributed by atoms with Crippen molar-refractivity contribution in [1.82, 2.24) is 5.32 Å². The van der Waals surface area contributed by atoms with Gasteiger partial charge in [-0.1, -0.05) is 87.5 Å². The monoisotopic (exact) mass is 469 g/mol. The first kappa shape index (κ1) is 24.8. The van der Waals surface area contributed by atoms with Crippen LogP contribution in [0.4, 0.5) is 0 Å². The summed E-state index contributed by atoms with van der Waals surface area (Å²) in [4.78, 5) is 11.3. The van der Waals surface area contributed by atoms with E-state index in [-0.39, 0.29) is 23.0 Å². The molecule has 0 heterocycles. The largest absolute Gasteiger partial charge is 2.00 e. The third-order valence-electron chi connectivity index (χ3n) is 4.67. The van der Waals surface area contributed by atoms with Crippen molar-refractivity contribution < 1.29 is 21.9 Å². The molecule has 0 saturated carbocycles. The summed E-state index contributed by atoms with van der Waals surface area (Å²) in [5.41, 5.74) is 0.756. The van der Waals surface area contributed by atoms with Crippen molar-refractivity contribution >= 4 is 29.7 Å². The number of hydrogen-bond donors (Lipinski definition) is 1. The van der Waals surface area contributed by atoms with Gasteiger partial charge < -0.3 is 5.32 Å². The Kier molecular flexibility index (Phi) is 11.0. The molecule has 0 unspecified atom stereocenters. The van der Waals surface area contributed by atoms with E-state index in [4.69, 9.17) is 0 Å². The summed E-state index contributed by atoms with van der Waals surface area (Å²) >= 11 is 0. The Balaban J connectivity index is 0.000000231. The van der Waals surface area contributed by atoms with E-state index in [0.29, 0.717) is 0 Å². The van der Waals surface area contributed by atoms with Crippen LogP contribution in [0, 0.1) is 0 Å². The van der Waals surface area contributed by atoms with Gasteiger partial charge in [-0.25, -0.2) is 24.3 Å². The van der Waals surface area contributed by atoms with Crippen LogP contribution >= 0.6 is 7.92 Å². The molecule has 0 radical (unpaired) electrons. The molecule has 4 rings (SSSR count). The van der Waals surface area contributed by atoms with E-state index in [9.17, 15) is 4.79 Å². The molecule has 4 heteroatoms. The standard InChI is InChI=1S/C17H14P.C10H14NO.Fe/c1-3-9-15(10-4-1)18(17-13-7-8-14-17)16-11-5-2-6-12-16;1-2-3-8-11-10(12)9-6-4-5-7-9;/h1-14H;4-7H,2-3,8H2,1H3,(H,11,12);/q2*-1;+2. The summed E-state index contributed by atoms with van der Waals surface area (Å²) in [5.74, 6) is 0.0356. The van der Waals surface area contributed by atoms with Crippen molar-refractivity contribution in [1.29, 1.82) is 0 Å². The first-order valence-corrected chi connectivity index (χ1v) is 11.8. The van der Waals surface area contributed by atoms with Gasteiger partial charge in [0.15, 0.2) is 5.91 Å². The van der Waals surface area contributed by atoms with E-state index < -0.39 is 7.92 Å². The van der Waals surface area contributed by atoms with E-state index in [2.05, 4.69) is 97.2 Å². The smallest absolute Gasteiger partial charge is 0.362 e. The predicted molar refractivity (Wildman–Crippen MR) is 130 cm³/mol. The Morgan fingerprint density at radius 3 is 1.74 bits per heavy atom. The van der Waals surface area contributed by atoms with Gasteiger partial charge in [0.25, 0.3) is 0 Å². The quantitative estimate of drug-likeness (QED) is 0.174. The molecule has 0 aliphatic carbocycles. The molecule has 4 aromatic carbocycles. The van der Waals surface area contributed by atoms with Crippen LogP contribution in [0.1, 0.15) is 30.1 Å². The Morgan fingerprint density at radius 1 is 0.774 bits per heavy atom. The number of amides is 1. The molecular formula is C27H28FeNOP. The minimum Gasteiger partial charge on any atom is -0.362 e.